The molecule has 1 atom stereocenters. The highest BCUT2D eigenvalue weighted by Crippen LogP contribution is 2.37. The molecule has 0 amide bonds. The Labute approximate surface area is 161 Å². The number of aromatic nitrogens is 1. The zero-order valence-electron chi connectivity index (χ0n) is 16.2. The summed E-state index contributed by atoms with van der Waals surface area (Å²) >= 11 is 0. The van der Waals surface area contributed by atoms with Crippen LogP contribution in [0.2, 0.25) is 0 Å². The molecule has 1 aromatic heterocycles. The van der Waals surface area contributed by atoms with E-state index in [9.17, 15) is 0 Å². The van der Waals surface area contributed by atoms with Crippen LogP contribution in [0.1, 0.15) is 54.6 Å². The lowest BCUT2D eigenvalue weighted by Crippen LogP contribution is -2.19. The van der Waals surface area contributed by atoms with Gasteiger partial charge in [0.25, 0.3) is 0 Å². The summed E-state index contributed by atoms with van der Waals surface area (Å²) in [6.45, 7) is 4.44. The third-order valence-corrected chi connectivity index (χ3v) is 6.41. The normalized spacial score (nSPS) is 18.2. The summed E-state index contributed by atoms with van der Waals surface area (Å²) in [7, 11) is 0. The van der Waals surface area contributed by atoms with E-state index in [2.05, 4.69) is 71.4 Å². The maximum atomic E-state index is 3.43. The minimum Gasteiger partial charge on any atom is -0.337 e. The van der Waals surface area contributed by atoms with Crippen LogP contribution in [0.4, 0.5) is 0 Å². The molecular formula is C25H28N2. The van der Waals surface area contributed by atoms with Crippen molar-refractivity contribution < 1.29 is 0 Å². The number of benzene rings is 2. The quantitative estimate of drug-likeness (QED) is 0.655. The molecule has 0 unspecified atom stereocenters. The molecule has 0 saturated carbocycles. The van der Waals surface area contributed by atoms with Gasteiger partial charge in [-0.05, 0) is 80.0 Å². The van der Waals surface area contributed by atoms with E-state index in [-0.39, 0.29) is 0 Å². The van der Waals surface area contributed by atoms with Crippen LogP contribution in [0.15, 0.2) is 54.6 Å². The number of hydrogen-bond donors (Lipinski definition) is 1. The Morgan fingerprint density at radius 2 is 1.81 bits per heavy atom. The third kappa shape index (κ3) is 2.93. The Morgan fingerprint density at radius 3 is 2.63 bits per heavy atom. The van der Waals surface area contributed by atoms with Crippen LogP contribution in [0.25, 0.3) is 16.5 Å². The fraction of sp³-hybridized carbons (Fsp3) is 0.360. The Kier molecular flexibility index (Phi) is 4.37. The molecular weight excluding hydrogens is 328 g/mol. The molecule has 3 aromatic rings. The van der Waals surface area contributed by atoms with Gasteiger partial charge in [0, 0.05) is 23.1 Å². The van der Waals surface area contributed by atoms with Crippen LogP contribution in [0.3, 0.4) is 0 Å². The van der Waals surface area contributed by atoms with Gasteiger partial charge in [-0.25, -0.2) is 0 Å². The number of nitrogens with zero attached hydrogens (tertiary/aromatic N) is 1. The Morgan fingerprint density at radius 1 is 0.963 bits per heavy atom. The van der Waals surface area contributed by atoms with Crippen molar-refractivity contribution in [1.82, 2.24) is 9.88 Å². The summed E-state index contributed by atoms with van der Waals surface area (Å²) in [5, 5.41) is 4.92. The molecule has 1 aliphatic carbocycles. The van der Waals surface area contributed by atoms with Crippen molar-refractivity contribution in [1.29, 1.82) is 0 Å². The van der Waals surface area contributed by atoms with E-state index < -0.39 is 0 Å². The fourth-order valence-corrected chi connectivity index (χ4v) is 4.99. The van der Waals surface area contributed by atoms with Crippen LogP contribution in [0, 0.1) is 0 Å². The van der Waals surface area contributed by atoms with E-state index in [1.807, 2.05) is 0 Å². The molecule has 0 bridgehead atoms. The van der Waals surface area contributed by atoms with Crippen LogP contribution in [-0.4, -0.2) is 17.7 Å². The van der Waals surface area contributed by atoms with Crippen molar-refractivity contribution in [2.24, 2.45) is 0 Å². The van der Waals surface area contributed by atoms with Crippen LogP contribution in [-0.2, 0) is 12.8 Å². The number of rotatable bonds is 3. The topological polar surface area (TPSA) is 17.0 Å². The average molecular weight is 357 g/mol. The second kappa shape index (κ2) is 7.01. The number of fused-ring (bicyclic) bond motifs is 3. The smallest absolute Gasteiger partial charge is 0.0560 e. The zero-order valence-corrected chi connectivity index (χ0v) is 16.2. The second-order valence-corrected chi connectivity index (χ2v) is 8.00. The lowest BCUT2D eigenvalue weighted by molar-refractivity contribution is 0.584. The lowest BCUT2D eigenvalue weighted by atomic mass is 9.93. The molecule has 2 heterocycles. The van der Waals surface area contributed by atoms with E-state index in [0.29, 0.717) is 6.04 Å². The van der Waals surface area contributed by atoms with Crippen molar-refractivity contribution >= 4 is 16.5 Å². The standard InChI is InChI=1S/C25H28N2/c1-18(19-7-3-2-4-8-19)27-24-10-6-5-9-22(24)23-17-21(11-12-25(23)27)20-13-15-26-16-14-20/h2-4,7-8,11-13,17-18,26H,5-6,9-10,14-16H2,1H3/t18-/m1/s1. The minimum absolute atomic E-state index is 0.375. The Bertz CT molecular complexity index is 994. The maximum absolute atomic E-state index is 3.43. The number of nitrogens with one attached hydrogen (secondary N) is 1. The molecule has 5 rings (SSSR count). The van der Waals surface area contributed by atoms with Crippen molar-refractivity contribution in [3.05, 3.63) is 77.0 Å². The van der Waals surface area contributed by atoms with E-state index >= 15 is 0 Å². The summed E-state index contributed by atoms with van der Waals surface area (Å²) in [6, 6.07) is 18.5. The summed E-state index contributed by atoms with van der Waals surface area (Å²) in [5.41, 5.74) is 8.91. The summed E-state index contributed by atoms with van der Waals surface area (Å²) in [6.07, 6.45) is 8.57. The minimum atomic E-state index is 0.375. The molecule has 0 saturated heterocycles. The molecule has 2 nitrogen and oxygen atoms in total. The van der Waals surface area contributed by atoms with Gasteiger partial charge in [-0.3, -0.25) is 0 Å². The van der Waals surface area contributed by atoms with Gasteiger partial charge in [0.15, 0.2) is 0 Å². The van der Waals surface area contributed by atoms with Gasteiger partial charge in [-0.15, -0.1) is 0 Å². The van der Waals surface area contributed by atoms with E-state index in [0.717, 1.165) is 19.5 Å². The monoisotopic (exact) mass is 356 g/mol. The summed E-state index contributed by atoms with van der Waals surface area (Å²) in [4.78, 5) is 0. The van der Waals surface area contributed by atoms with E-state index in [1.54, 1.807) is 11.3 Å². The predicted molar refractivity (Wildman–Crippen MR) is 114 cm³/mol. The molecule has 0 spiro atoms. The van der Waals surface area contributed by atoms with Gasteiger partial charge >= 0.3 is 0 Å². The molecule has 138 valence electrons. The van der Waals surface area contributed by atoms with Crippen LogP contribution in [0.5, 0.6) is 0 Å². The van der Waals surface area contributed by atoms with Crippen molar-refractivity contribution in [2.45, 2.75) is 45.1 Å². The predicted octanol–water partition coefficient (Wildman–Crippen LogP) is 5.51. The van der Waals surface area contributed by atoms with Gasteiger partial charge in [0.2, 0.25) is 0 Å². The van der Waals surface area contributed by atoms with Gasteiger partial charge in [-0.1, -0.05) is 42.5 Å². The number of hydrogen-bond acceptors (Lipinski definition) is 1. The first kappa shape index (κ1) is 16.8. The number of aryl methyl sites for hydroxylation is 1. The highest BCUT2D eigenvalue weighted by molar-refractivity contribution is 5.89. The second-order valence-electron chi connectivity index (χ2n) is 8.00. The Hall–Kier alpha value is -2.32. The van der Waals surface area contributed by atoms with Crippen molar-refractivity contribution in [3.63, 3.8) is 0 Å². The first-order valence-electron chi connectivity index (χ1n) is 10.4. The fourth-order valence-electron chi connectivity index (χ4n) is 4.99. The molecule has 2 aromatic carbocycles. The van der Waals surface area contributed by atoms with Crippen molar-refractivity contribution in [3.8, 4) is 0 Å². The lowest BCUT2D eigenvalue weighted by Gasteiger charge is -2.22. The molecule has 2 heteroatoms. The van der Waals surface area contributed by atoms with Crippen LogP contribution < -0.4 is 5.32 Å². The van der Waals surface area contributed by atoms with Gasteiger partial charge < -0.3 is 9.88 Å². The first-order valence-corrected chi connectivity index (χ1v) is 10.4. The third-order valence-electron chi connectivity index (χ3n) is 6.41. The van der Waals surface area contributed by atoms with Crippen LogP contribution >= 0.6 is 0 Å². The van der Waals surface area contributed by atoms with Gasteiger partial charge in [0.1, 0.15) is 0 Å². The van der Waals surface area contributed by atoms with E-state index in [4.69, 9.17) is 0 Å². The molecule has 1 N–H and O–H groups in total. The molecule has 27 heavy (non-hydrogen) atoms. The van der Waals surface area contributed by atoms with E-state index in [1.165, 1.54) is 53.3 Å². The molecule has 2 aliphatic rings. The highest BCUT2D eigenvalue weighted by atomic mass is 15.0. The average Bonchev–Trinajstić information content (AvgIpc) is 3.08. The summed E-state index contributed by atoms with van der Waals surface area (Å²) < 4.78 is 2.62. The molecule has 0 fully saturated rings. The first-order chi connectivity index (χ1) is 13.3. The van der Waals surface area contributed by atoms with Gasteiger partial charge in [-0.2, -0.15) is 0 Å². The summed E-state index contributed by atoms with van der Waals surface area (Å²) in [5.74, 6) is 0. The molecule has 1 aliphatic heterocycles. The highest BCUT2D eigenvalue weighted by Gasteiger charge is 2.23. The molecule has 0 radical (unpaired) electrons. The maximum Gasteiger partial charge on any atom is 0.0560 e. The van der Waals surface area contributed by atoms with Crippen molar-refractivity contribution in [2.75, 3.05) is 13.1 Å². The zero-order chi connectivity index (χ0) is 18.2. The van der Waals surface area contributed by atoms with Gasteiger partial charge in [0.05, 0.1) is 6.04 Å². The largest absolute Gasteiger partial charge is 0.337 e. The SMILES string of the molecule is C[C@H](c1ccccc1)n1c2c(c3cc(C4=CCNCC4)ccc31)CCCC2. The Balaban J connectivity index is 1.68.